The molecule has 1 aliphatic carbocycles. The van der Waals surface area contributed by atoms with Crippen LogP contribution >= 0.6 is 23.4 Å². The summed E-state index contributed by atoms with van der Waals surface area (Å²) in [4.78, 5) is 28.8. The molecule has 1 atom stereocenters. The molecule has 0 saturated heterocycles. The van der Waals surface area contributed by atoms with Crippen molar-refractivity contribution in [3.63, 3.8) is 0 Å². The molecule has 0 spiro atoms. The van der Waals surface area contributed by atoms with Gasteiger partial charge in [-0.3, -0.25) is 14.5 Å². The first-order valence-corrected chi connectivity index (χ1v) is 10.7. The summed E-state index contributed by atoms with van der Waals surface area (Å²) in [5.74, 6) is 0.0473. The number of carbonyl (C=O) groups excluding carboxylic acids is 2. The molecule has 4 rings (SSSR count). The first-order chi connectivity index (χ1) is 13.1. The molecule has 2 aromatic rings. The Morgan fingerprint density at radius 3 is 2.37 bits per heavy atom. The highest BCUT2D eigenvalue weighted by molar-refractivity contribution is 7.98. The second kappa shape index (κ2) is 7.53. The number of hydrogen-bond donors (Lipinski definition) is 0. The molecule has 3 nitrogen and oxygen atoms in total. The van der Waals surface area contributed by atoms with Crippen molar-refractivity contribution in [3.05, 3.63) is 70.4 Å². The highest BCUT2D eigenvalue weighted by Gasteiger charge is 2.39. The standard InChI is InChI=1S/C22H20ClNO2S/c1-27-17-11-5-14(6-12-17)18-13-21(26)24(16-9-7-15(23)8-10-16)19-3-2-4-20(25)22(18)19/h5-12,18H,2-4,13H2,1H3. The van der Waals surface area contributed by atoms with E-state index in [-0.39, 0.29) is 17.6 Å². The van der Waals surface area contributed by atoms with Gasteiger partial charge in [-0.05, 0) is 61.1 Å². The van der Waals surface area contributed by atoms with Crippen LogP contribution in [0.5, 0.6) is 0 Å². The van der Waals surface area contributed by atoms with E-state index < -0.39 is 0 Å². The van der Waals surface area contributed by atoms with Crippen LogP contribution in [0.3, 0.4) is 0 Å². The van der Waals surface area contributed by atoms with Crippen LogP contribution in [0, 0.1) is 0 Å². The summed E-state index contributed by atoms with van der Waals surface area (Å²) in [5, 5.41) is 0.629. The summed E-state index contributed by atoms with van der Waals surface area (Å²) in [5.41, 5.74) is 3.50. The summed E-state index contributed by atoms with van der Waals surface area (Å²) in [7, 11) is 0. The largest absolute Gasteiger partial charge is 0.294 e. The van der Waals surface area contributed by atoms with E-state index in [1.54, 1.807) is 28.8 Å². The van der Waals surface area contributed by atoms with Gasteiger partial charge in [0.2, 0.25) is 5.91 Å². The van der Waals surface area contributed by atoms with Gasteiger partial charge >= 0.3 is 0 Å². The van der Waals surface area contributed by atoms with Gasteiger partial charge in [-0.15, -0.1) is 11.8 Å². The average molecular weight is 398 g/mol. The summed E-state index contributed by atoms with van der Waals surface area (Å²) >= 11 is 7.69. The number of carbonyl (C=O) groups is 2. The van der Waals surface area contributed by atoms with Gasteiger partial charge in [0, 0.05) is 45.6 Å². The number of thioether (sulfide) groups is 1. The van der Waals surface area contributed by atoms with E-state index in [1.165, 1.54) is 4.90 Å². The first-order valence-electron chi connectivity index (χ1n) is 9.07. The Morgan fingerprint density at radius 2 is 1.70 bits per heavy atom. The lowest BCUT2D eigenvalue weighted by atomic mass is 9.77. The maximum atomic E-state index is 13.1. The van der Waals surface area contributed by atoms with Crippen LogP contribution < -0.4 is 4.90 Å². The van der Waals surface area contributed by atoms with Gasteiger partial charge in [0.25, 0.3) is 0 Å². The molecular weight excluding hydrogens is 378 g/mol. The molecule has 138 valence electrons. The van der Waals surface area contributed by atoms with E-state index in [9.17, 15) is 9.59 Å². The molecule has 0 N–H and O–H groups in total. The van der Waals surface area contributed by atoms with Gasteiger partial charge in [0.1, 0.15) is 0 Å². The van der Waals surface area contributed by atoms with Crippen molar-refractivity contribution in [3.8, 4) is 0 Å². The number of rotatable bonds is 3. The normalized spacial score (nSPS) is 20.1. The second-order valence-corrected chi connectivity index (χ2v) is 8.19. The summed E-state index contributed by atoms with van der Waals surface area (Å²) in [6.45, 7) is 0. The fourth-order valence-electron chi connectivity index (χ4n) is 4.00. The SMILES string of the molecule is CSc1ccc(C2CC(=O)N(c3ccc(Cl)cc3)C3=C2C(=O)CCC3)cc1. The van der Waals surface area contributed by atoms with E-state index in [1.807, 2.05) is 30.5 Å². The lowest BCUT2D eigenvalue weighted by Gasteiger charge is -2.38. The third kappa shape index (κ3) is 3.44. The smallest absolute Gasteiger partial charge is 0.232 e. The molecule has 27 heavy (non-hydrogen) atoms. The van der Waals surface area contributed by atoms with Gasteiger partial charge in [-0.1, -0.05) is 23.7 Å². The van der Waals surface area contributed by atoms with Gasteiger partial charge in [0.15, 0.2) is 5.78 Å². The van der Waals surface area contributed by atoms with Crippen LogP contribution in [0.4, 0.5) is 5.69 Å². The minimum Gasteiger partial charge on any atom is -0.294 e. The third-order valence-electron chi connectivity index (χ3n) is 5.28. The number of benzene rings is 2. The van der Waals surface area contributed by atoms with E-state index in [0.717, 1.165) is 35.4 Å². The number of halogens is 1. The van der Waals surface area contributed by atoms with Crippen molar-refractivity contribution in [2.75, 3.05) is 11.2 Å². The molecule has 0 radical (unpaired) electrons. The van der Waals surface area contributed by atoms with Gasteiger partial charge in [0.05, 0.1) is 0 Å². The van der Waals surface area contributed by atoms with Crippen LogP contribution in [0.25, 0.3) is 0 Å². The minimum atomic E-state index is -0.153. The zero-order valence-electron chi connectivity index (χ0n) is 15.1. The molecule has 1 unspecified atom stereocenters. The molecule has 0 bridgehead atoms. The fraction of sp³-hybridized carbons (Fsp3) is 0.273. The maximum absolute atomic E-state index is 13.1. The second-order valence-electron chi connectivity index (χ2n) is 6.87. The third-order valence-corrected chi connectivity index (χ3v) is 6.27. The van der Waals surface area contributed by atoms with Crippen molar-refractivity contribution in [2.24, 2.45) is 0 Å². The van der Waals surface area contributed by atoms with Crippen molar-refractivity contribution in [1.82, 2.24) is 0 Å². The van der Waals surface area contributed by atoms with Crippen LogP contribution in [0.15, 0.2) is 64.7 Å². The van der Waals surface area contributed by atoms with E-state index in [0.29, 0.717) is 17.9 Å². The monoisotopic (exact) mass is 397 g/mol. The number of anilines is 1. The fourth-order valence-corrected chi connectivity index (χ4v) is 4.54. The maximum Gasteiger partial charge on any atom is 0.232 e. The first kappa shape index (κ1) is 18.3. The Labute approximate surface area is 168 Å². The lowest BCUT2D eigenvalue weighted by Crippen LogP contribution is -2.40. The van der Waals surface area contributed by atoms with Crippen molar-refractivity contribution < 1.29 is 9.59 Å². The minimum absolute atomic E-state index is 0.0321. The number of nitrogens with zero attached hydrogens (tertiary/aromatic N) is 1. The van der Waals surface area contributed by atoms with E-state index in [2.05, 4.69) is 12.1 Å². The van der Waals surface area contributed by atoms with Crippen molar-refractivity contribution in [2.45, 2.75) is 36.5 Å². The van der Waals surface area contributed by atoms with Gasteiger partial charge in [-0.25, -0.2) is 0 Å². The van der Waals surface area contributed by atoms with Crippen molar-refractivity contribution >= 4 is 40.7 Å². The molecule has 2 aromatic carbocycles. The molecule has 2 aliphatic rings. The zero-order chi connectivity index (χ0) is 19.0. The van der Waals surface area contributed by atoms with E-state index in [4.69, 9.17) is 11.6 Å². The zero-order valence-corrected chi connectivity index (χ0v) is 16.6. The van der Waals surface area contributed by atoms with E-state index >= 15 is 0 Å². The molecule has 0 aromatic heterocycles. The Hall–Kier alpha value is -2.04. The summed E-state index contributed by atoms with van der Waals surface area (Å²) in [6, 6.07) is 15.5. The van der Waals surface area contributed by atoms with Crippen LogP contribution in [0.1, 0.15) is 37.2 Å². The molecule has 0 fully saturated rings. The number of hydrogen-bond acceptors (Lipinski definition) is 3. The lowest BCUT2D eigenvalue weighted by molar-refractivity contribution is -0.119. The summed E-state index contributed by atoms with van der Waals surface area (Å²) < 4.78 is 0. The Balaban J connectivity index is 1.81. The van der Waals surface area contributed by atoms with Crippen LogP contribution in [-0.2, 0) is 9.59 Å². The number of ketones is 1. The predicted octanol–water partition coefficient (Wildman–Crippen LogP) is 5.59. The quantitative estimate of drug-likeness (QED) is 0.633. The highest BCUT2D eigenvalue weighted by atomic mass is 35.5. The summed E-state index contributed by atoms with van der Waals surface area (Å²) in [6.07, 6.45) is 4.43. The number of Topliss-reactive ketones (excluding diaryl/α,β-unsaturated/α-hetero) is 1. The van der Waals surface area contributed by atoms with Crippen LogP contribution in [-0.4, -0.2) is 17.9 Å². The number of amides is 1. The van der Waals surface area contributed by atoms with Crippen molar-refractivity contribution in [1.29, 1.82) is 0 Å². The van der Waals surface area contributed by atoms with Gasteiger partial charge in [-0.2, -0.15) is 0 Å². The average Bonchev–Trinajstić information content (AvgIpc) is 2.69. The molecule has 1 amide bonds. The van der Waals surface area contributed by atoms with Gasteiger partial charge < -0.3 is 0 Å². The highest BCUT2D eigenvalue weighted by Crippen LogP contribution is 2.43. The Morgan fingerprint density at radius 1 is 1.00 bits per heavy atom. The molecule has 1 heterocycles. The molecule has 0 saturated carbocycles. The molecule has 1 aliphatic heterocycles. The van der Waals surface area contributed by atoms with Crippen LogP contribution in [0.2, 0.25) is 5.02 Å². The molecular formula is C22H20ClNO2S. The number of allylic oxidation sites excluding steroid dienone is 2. The topological polar surface area (TPSA) is 37.4 Å². The predicted molar refractivity (Wildman–Crippen MR) is 110 cm³/mol. The molecule has 5 heteroatoms. The Bertz CT molecular complexity index is 918. The Kier molecular flexibility index (Phi) is 5.11.